The van der Waals surface area contributed by atoms with Crippen molar-refractivity contribution in [2.75, 3.05) is 20.1 Å². The number of carbonyl (C=O) groups excluding carboxylic acids is 1. The first-order valence-electron chi connectivity index (χ1n) is 6.86. The van der Waals surface area contributed by atoms with Crippen molar-refractivity contribution in [3.8, 4) is 0 Å². The lowest BCUT2D eigenvalue weighted by atomic mass is 10.0. The summed E-state index contributed by atoms with van der Waals surface area (Å²) in [4.78, 5) is 14.2. The number of nitrogens with zero attached hydrogens (tertiary/aromatic N) is 1. The zero-order valence-electron chi connectivity index (χ0n) is 11.4. The Hall–Kier alpha value is -0.870. The summed E-state index contributed by atoms with van der Waals surface area (Å²) < 4.78 is 1.08. The Labute approximate surface area is 123 Å². The maximum atomic E-state index is 11.9. The van der Waals surface area contributed by atoms with Crippen molar-refractivity contribution in [2.24, 2.45) is 0 Å². The van der Waals surface area contributed by atoms with Crippen LogP contribution < -0.4 is 5.32 Å². The Morgan fingerprint density at radius 2 is 1.95 bits per heavy atom. The molecule has 0 aromatic heterocycles. The van der Waals surface area contributed by atoms with Gasteiger partial charge in [0.2, 0.25) is 5.91 Å². The Morgan fingerprint density at radius 1 is 1.32 bits per heavy atom. The maximum Gasteiger partial charge on any atom is 0.220 e. The van der Waals surface area contributed by atoms with Crippen molar-refractivity contribution in [1.29, 1.82) is 0 Å². The average Bonchev–Trinajstić information content (AvgIpc) is 2.41. The van der Waals surface area contributed by atoms with Gasteiger partial charge in [0.1, 0.15) is 0 Å². The molecule has 19 heavy (non-hydrogen) atoms. The van der Waals surface area contributed by atoms with E-state index in [-0.39, 0.29) is 5.91 Å². The van der Waals surface area contributed by atoms with Crippen LogP contribution in [0, 0.1) is 0 Å². The summed E-state index contributed by atoms with van der Waals surface area (Å²) in [5.41, 5.74) is 1.21. The van der Waals surface area contributed by atoms with Crippen LogP contribution in [-0.4, -0.2) is 37.0 Å². The highest BCUT2D eigenvalue weighted by Crippen LogP contribution is 2.12. The van der Waals surface area contributed by atoms with Gasteiger partial charge in [0, 0.05) is 16.9 Å². The van der Waals surface area contributed by atoms with Crippen molar-refractivity contribution < 1.29 is 4.79 Å². The third kappa shape index (κ3) is 4.96. The van der Waals surface area contributed by atoms with E-state index in [0.29, 0.717) is 12.5 Å². The quantitative estimate of drug-likeness (QED) is 0.923. The van der Waals surface area contributed by atoms with Gasteiger partial charge in [0.15, 0.2) is 0 Å². The van der Waals surface area contributed by atoms with E-state index >= 15 is 0 Å². The Bertz CT molecular complexity index is 411. The molecule has 0 aliphatic carbocycles. The molecule has 1 fully saturated rings. The third-order valence-corrected chi connectivity index (χ3v) is 4.17. The van der Waals surface area contributed by atoms with Crippen LogP contribution >= 0.6 is 15.9 Å². The number of rotatable bonds is 4. The second-order valence-electron chi connectivity index (χ2n) is 5.27. The predicted molar refractivity (Wildman–Crippen MR) is 81.1 cm³/mol. The molecule has 3 nitrogen and oxygen atoms in total. The van der Waals surface area contributed by atoms with Crippen molar-refractivity contribution in [2.45, 2.75) is 31.7 Å². The van der Waals surface area contributed by atoms with Crippen LogP contribution in [0.1, 0.15) is 24.8 Å². The SMILES string of the molecule is CN1CCC(NC(=O)CCc2ccc(Br)cc2)CC1. The molecule has 1 N–H and O–H groups in total. The van der Waals surface area contributed by atoms with Gasteiger partial charge >= 0.3 is 0 Å². The molecule has 1 amide bonds. The smallest absolute Gasteiger partial charge is 0.220 e. The minimum absolute atomic E-state index is 0.178. The lowest BCUT2D eigenvalue weighted by Gasteiger charge is -2.29. The van der Waals surface area contributed by atoms with Gasteiger partial charge in [0.25, 0.3) is 0 Å². The molecule has 1 saturated heterocycles. The van der Waals surface area contributed by atoms with Gasteiger partial charge in [-0.05, 0) is 57.1 Å². The van der Waals surface area contributed by atoms with Crippen LogP contribution in [0.15, 0.2) is 28.7 Å². The molecule has 0 atom stereocenters. The molecule has 1 aromatic carbocycles. The highest BCUT2D eigenvalue weighted by Gasteiger charge is 2.17. The monoisotopic (exact) mass is 324 g/mol. The molecule has 2 rings (SSSR count). The fourth-order valence-corrected chi connectivity index (χ4v) is 2.63. The summed E-state index contributed by atoms with van der Waals surface area (Å²) in [7, 11) is 2.13. The van der Waals surface area contributed by atoms with E-state index in [1.54, 1.807) is 0 Å². The van der Waals surface area contributed by atoms with Gasteiger partial charge in [0.05, 0.1) is 0 Å². The van der Waals surface area contributed by atoms with Gasteiger partial charge in [-0.25, -0.2) is 0 Å². The number of likely N-dealkylation sites (tertiary alicyclic amines) is 1. The minimum atomic E-state index is 0.178. The Morgan fingerprint density at radius 3 is 2.58 bits per heavy atom. The van der Waals surface area contributed by atoms with Crippen molar-refractivity contribution in [3.63, 3.8) is 0 Å². The molecule has 0 radical (unpaired) electrons. The molecule has 1 aliphatic heterocycles. The molecular weight excluding hydrogens is 304 g/mol. The number of halogens is 1. The van der Waals surface area contributed by atoms with E-state index < -0.39 is 0 Å². The Kier molecular flexibility index (Phi) is 5.40. The summed E-state index contributed by atoms with van der Waals surface area (Å²) in [6.07, 6.45) is 3.53. The van der Waals surface area contributed by atoms with Crippen LogP contribution in [0.25, 0.3) is 0 Å². The molecule has 1 aromatic rings. The molecule has 0 unspecified atom stereocenters. The first-order valence-corrected chi connectivity index (χ1v) is 7.65. The van der Waals surface area contributed by atoms with Crippen LogP contribution in [0.4, 0.5) is 0 Å². The number of piperidine rings is 1. The van der Waals surface area contributed by atoms with Crippen LogP contribution in [0.3, 0.4) is 0 Å². The lowest BCUT2D eigenvalue weighted by Crippen LogP contribution is -2.43. The van der Waals surface area contributed by atoms with E-state index in [2.05, 4.69) is 45.3 Å². The van der Waals surface area contributed by atoms with Gasteiger partial charge in [-0.3, -0.25) is 4.79 Å². The summed E-state index contributed by atoms with van der Waals surface area (Å²) >= 11 is 3.41. The van der Waals surface area contributed by atoms with Gasteiger partial charge < -0.3 is 10.2 Å². The normalized spacial score (nSPS) is 17.4. The van der Waals surface area contributed by atoms with Gasteiger partial charge in [-0.2, -0.15) is 0 Å². The first-order chi connectivity index (χ1) is 9.13. The molecule has 104 valence electrons. The second-order valence-corrected chi connectivity index (χ2v) is 6.19. The lowest BCUT2D eigenvalue weighted by molar-refractivity contribution is -0.122. The van der Waals surface area contributed by atoms with Crippen LogP contribution in [-0.2, 0) is 11.2 Å². The predicted octanol–water partition coefficient (Wildman–Crippen LogP) is 2.59. The largest absolute Gasteiger partial charge is 0.353 e. The highest BCUT2D eigenvalue weighted by atomic mass is 79.9. The number of aryl methyl sites for hydroxylation is 1. The summed E-state index contributed by atoms with van der Waals surface area (Å²) in [5, 5.41) is 3.15. The number of hydrogen-bond donors (Lipinski definition) is 1. The van der Waals surface area contributed by atoms with Crippen LogP contribution in [0.2, 0.25) is 0 Å². The molecule has 0 bridgehead atoms. The molecule has 1 heterocycles. The number of carbonyl (C=O) groups is 1. The summed E-state index contributed by atoms with van der Waals surface area (Å²) in [5.74, 6) is 0.178. The number of benzene rings is 1. The fraction of sp³-hybridized carbons (Fsp3) is 0.533. The highest BCUT2D eigenvalue weighted by molar-refractivity contribution is 9.10. The molecule has 0 spiro atoms. The van der Waals surface area contributed by atoms with Crippen LogP contribution in [0.5, 0.6) is 0 Å². The summed E-state index contributed by atoms with van der Waals surface area (Å²) in [6.45, 7) is 2.16. The van der Waals surface area contributed by atoms with E-state index in [1.165, 1.54) is 5.56 Å². The molecular formula is C15H21BrN2O. The molecule has 1 aliphatic rings. The van der Waals surface area contributed by atoms with E-state index in [1.807, 2.05) is 12.1 Å². The Balaban J connectivity index is 1.71. The van der Waals surface area contributed by atoms with Gasteiger partial charge in [-0.15, -0.1) is 0 Å². The first kappa shape index (κ1) is 14.5. The van der Waals surface area contributed by atoms with E-state index in [9.17, 15) is 4.79 Å². The molecule has 4 heteroatoms. The average molecular weight is 325 g/mol. The fourth-order valence-electron chi connectivity index (χ4n) is 2.36. The number of amides is 1. The van der Waals surface area contributed by atoms with Crippen molar-refractivity contribution >= 4 is 21.8 Å². The van der Waals surface area contributed by atoms with Crippen molar-refractivity contribution in [3.05, 3.63) is 34.3 Å². The summed E-state index contributed by atoms with van der Waals surface area (Å²) in [6, 6.07) is 8.53. The zero-order chi connectivity index (χ0) is 13.7. The zero-order valence-corrected chi connectivity index (χ0v) is 12.9. The van der Waals surface area contributed by atoms with Gasteiger partial charge in [-0.1, -0.05) is 28.1 Å². The topological polar surface area (TPSA) is 32.3 Å². The second kappa shape index (κ2) is 7.06. The third-order valence-electron chi connectivity index (χ3n) is 3.64. The van der Waals surface area contributed by atoms with Crippen molar-refractivity contribution in [1.82, 2.24) is 10.2 Å². The maximum absolute atomic E-state index is 11.9. The number of nitrogens with one attached hydrogen (secondary N) is 1. The van der Waals surface area contributed by atoms with E-state index in [4.69, 9.17) is 0 Å². The molecule has 0 saturated carbocycles. The van der Waals surface area contributed by atoms with E-state index in [0.717, 1.165) is 36.8 Å². The standard InChI is InChI=1S/C15H21BrN2O/c1-18-10-8-14(9-11-18)17-15(19)7-4-12-2-5-13(16)6-3-12/h2-3,5-6,14H,4,7-11H2,1H3,(H,17,19). The minimum Gasteiger partial charge on any atom is -0.353 e. The number of hydrogen-bond acceptors (Lipinski definition) is 2.